The molecule has 3 heterocycles. The summed E-state index contributed by atoms with van der Waals surface area (Å²) in [6.07, 6.45) is 1.58. The van der Waals surface area contributed by atoms with E-state index in [1.54, 1.807) is 0 Å². The molecule has 4 rings (SSSR count). The Morgan fingerprint density at radius 2 is 1.78 bits per heavy atom. The highest BCUT2D eigenvalue weighted by Crippen LogP contribution is 2.45. The maximum absolute atomic E-state index is 12.9. The third kappa shape index (κ3) is 3.62. The van der Waals surface area contributed by atoms with E-state index in [9.17, 15) is 9.59 Å². The van der Waals surface area contributed by atoms with E-state index >= 15 is 0 Å². The van der Waals surface area contributed by atoms with Crippen LogP contribution in [0.5, 0.6) is 0 Å². The molecule has 1 spiro atoms. The second kappa shape index (κ2) is 7.86. The lowest BCUT2D eigenvalue weighted by Gasteiger charge is -2.44. The van der Waals surface area contributed by atoms with E-state index in [0.717, 1.165) is 35.6 Å². The van der Waals surface area contributed by atoms with Gasteiger partial charge in [0.15, 0.2) is 0 Å². The van der Waals surface area contributed by atoms with Crippen molar-refractivity contribution in [2.45, 2.75) is 23.1 Å². The monoisotopic (exact) mass is 420 g/mol. The average molecular weight is 421 g/mol. The van der Waals surface area contributed by atoms with Crippen molar-refractivity contribution < 1.29 is 9.59 Å². The summed E-state index contributed by atoms with van der Waals surface area (Å²) in [5.41, 5.74) is 0.828. The van der Waals surface area contributed by atoms with Crippen LogP contribution in [0.25, 0.3) is 0 Å². The van der Waals surface area contributed by atoms with E-state index in [0.29, 0.717) is 13.1 Å². The molecular weight excluding hydrogens is 400 g/mol. The number of rotatable bonds is 3. The van der Waals surface area contributed by atoms with E-state index in [1.165, 1.54) is 11.3 Å². The van der Waals surface area contributed by atoms with Gasteiger partial charge in [0.05, 0.1) is 9.75 Å². The van der Waals surface area contributed by atoms with Crippen LogP contribution in [0.15, 0.2) is 47.8 Å². The van der Waals surface area contributed by atoms with E-state index in [-0.39, 0.29) is 16.7 Å². The summed E-state index contributed by atoms with van der Waals surface area (Å²) in [6, 6.07) is 13.3. The number of likely N-dealkylation sites (tertiary alicyclic amines) is 1. The Balaban J connectivity index is 1.43. The van der Waals surface area contributed by atoms with Crippen molar-refractivity contribution >= 4 is 46.5 Å². The molecule has 142 valence electrons. The smallest absolute Gasteiger partial charge is 0.265 e. The van der Waals surface area contributed by atoms with Crippen molar-refractivity contribution in [3.63, 3.8) is 0 Å². The van der Waals surface area contributed by atoms with Crippen molar-refractivity contribution in [2.24, 2.45) is 0 Å². The first kappa shape index (κ1) is 18.8. The van der Waals surface area contributed by atoms with Crippen LogP contribution in [0.2, 0.25) is 0 Å². The number of amides is 2. The summed E-state index contributed by atoms with van der Waals surface area (Å²) < 4.78 is 0. The number of carbonyl (C=O) groups excluding carboxylic acids is 2. The van der Waals surface area contributed by atoms with Gasteiger partial charge in [-0.15, -0.1) is 34.7 Å². The minimum Gasteiger partial charge on any atom is -0.341 e. The van der Waals surface area contributed by atoms with Gasteiger partial charge in [-0.2, -0.15) is 0 Å². The number of halogens is 1. The Labute approximate surface area is 172 Å². The van der Waals surface area contributed by atoms with Crippen LogP contribution < -0.4 is 0 Å². The fourth-order valence-corrected chi connectivity index (χ4v) is 6.25. The number of hydrogen-bond donors (Lipinski definition) is 0. The lowest BCUT2D eigenvalue weighted by atomic mass is 10.0. The van der Waals surface area contributed by atoms with Gasteiger partial charge in [-0.25, -0.2) is 0 Å². The third-order valence-corrected chi connectivity index (χ3v) is 8.17. The van der Waals surface area contributed by atoms with Gasteiger partial charge in [-0.3, -0.25) is 9.59 Å². The molecule has 1 aromatic heterocycles. The maximum atomic E-state index is 12.9. The molecule has 2 aliphatic rings. The van der Waals surface area contributed by atoms with Gasteiger partial charge in [0.25, 0.3) is 5.91 Å². The van der Waals surface area contributed by atoms with Gasteiger partial charge >= 0.3 is 0 Å². The quantitative estimate of drug-likeness (QED) is 0.697. The Morgan fingerprint density at radius 1 is 1.04 bits per heavy atom. The number of carbonyl (C=O) groups is 2. The number of benzene rings is 1. The minimum atomic E-state index is -0.652. The fraction of sp³-hybridized carbons (Fsp3) is 0.400. The molecule has 27 heavy (non-hydrogen) atoms. The van der Waals surface area contributed by atoms with Crippen LogP contribution in [0.1, 0.15) is 33.5 Å². The van der Waals surface area contributed by atoms with E-state index in [2.05, 4.69) is 0 Å². The SMILES string of the molecule is O=C([C@@H](Cl)c1ccccc1)N1CCC2(CC1)SCCN2C(=O)c1cccs1. The lowest BCUT2D eigenvalue weighted by molar-refractivity contribution is -0.132. The first-order valence-electron chi connectivity index (χ1n) is 9.08. The molecule has 0 unspecified atom stereocenters. The topological polar surface area (TPSA) is 40.6 Å². The molecule has 0 N–H and O–H groups in total. The molecular formula is C20H21ClN2O2S2. The highest BCUT2D eigenvalue weighted by molar-refractivity contribution is 8.00. The summed E-state index contributed by atoms with van der Waals surface area (Å²) in [5, 5.41) is 1.29. The molecule has 2 fully saturated rings. The molecule has 2 aromatic rings. The molecule has 1 atom stereocenters. The van der Waals surface area contributed by atoms with Crippen LogP contribution in [0.3, 0.4) is 0 Å². The standard InChI is InChI=1S/C20H21ClN2O2S2/c21-17(15-5-2-1-3-6-15)19(25)22-10-8-20(9-11-22)23(12-14-27-20)18(24)16-7-4-13-26-16/h1-7,13,17H,8-12,14H2/t17-/m0/s1. The first-order chi connectivity index (χ1) is 13.1. The van der Waals surface area contributed by atoms with Gasteiger partial charge in [0.2, 0.25) is 5.91 Å². The second-order valence-corrected chi connectivity index (χ2v) is 9.67. The molecule has 2 saturated heterocycles. The summed E-state index contributed by atoms with van der Waals surface area (Å²) in [4.78, 5) is 30.2. The van der Waals surface area contributed by atoms with Crippen LogP contribution >= 0.6 is 34.7 Å². The minimum absolute atomic E-state index is 0.0446. The molecule has 0 radical (unpaired) electrons. The second-order valence-electron chi connectivity index (χ2n) is 6.83. The zero-order valence-electron chi connectivity index (χ0n) is 14.8. The molecule has 7 heteroatoms. The molecule has 0 aliphatic carbocycles. The van der Waals surface area contributed by atoms with E-state index in [1.807, 2.05) is 69.4 Å². The summed E-state index contributed by atoms with van der Waals surface area (Å²) in [7, 11) is 0. The number of alkyl halides is 1. The fourth-order valence-electron chi connectivity index (χ4n) is 3.84. The largest absolute Gasteiger partial charge is 0.341 e. The number of piperidine rings is 1. The third-order valence-electron chi connectivity index (χ3n) is 5.32. The lowest BCUT2D eigenvalue weighted by Crippen LogP contribution is -2.53. The van der Waals surface area contributed by atoms with Gasteiger partial charge in [-0.1, -0.05) is 36.4 Å². The van der Waals surface area contributed by atoms with Crippen molar-refractivity contribution in [3.05, 3.63) is 58.3 Å². The van der Waals surface area contributed by atoms with E-state index in [4.69, 9.17) is 11.6 Å². The van der Waals surface area contributed by atoms with Crippen LogP contribution in [-0.4, -0.2) is 51.9 Å². The van der Waals surface area contributed by atoms with Crippen LogP contribution in [0, 0.1) is 0 Å². The first-order valence-corrected chi connectivity index (χ1v) is 11.4. The van der Waals surface area contributed by atoms with Crippen LogP contribution in [0.4, 0.5) is 0 Å². The summed E-state index contributed by atoms with van der Waals surface area (Å²) in [6.45, 7) is 2.05. The average Bonchev–Trinajstić information content (AvgIpc) is 3.38. The molecule has 0 bridgehead atoms. The number of hydrogen-bond acceptors (Lipinski definition) is 4. The van der Waals surface area contributed by atoms with Crippen molar-refractivity contribution in [1.82, 2.24) is 9.80 Å². The Morgan fingerprint density at radius 3 is 2.44 bits per heavy atom. The molecule has 0 saturated carbocycles. The molecule has 2 amide bonds. The van der Waals surface area contributed by atoms with Gasteiger partial charge < -0.3 is 9.80 Å². The normalized spacial score (nSPS) is 20.0. The van der Waals surface area contributed by atoms with Gasteiger partial charge in [0.1, 0.15) is 5.38 Å². The van der Waals surface area contributed by atoms with Crippen molar-refractivity contribution in [3.8, 4) is 0 Å². The highest BCUT2D eigenvalue weighted by Gasteiger charge is 2.47. The number of nitrogens with zero attached hydrogens (tertiary/aromatic N) is 2. The Bertz CT molecular complexity index is 805. The maximum Gasteiger partial charge on any atom is 0.265 e. The van der Waals surface area contributed by atoms with Crippen molar-refractivity contribution in [1.29, 1.82) is 0 Å². The predicted molar refractivity (Wildman–Crippen MR) is 111 cm³/mol. The van der Waals surface area contributed by atoms with Crippen LogP contribution in [-0.2, 0) is 4.79 Å². The van der Waals surface area contributed by atoms with Crippen molar-refractivity contribution in [2.75, 3.05) is 25.4 Å². The number of thioether (sulfide) groups is 1. The zero-order chi connectivity index (χ0) is 18.9. The van der Waals surface area contributed by atoms with E-state index < -0.39 is 5.38 Å². The summed E-state index contributed by atoms with van der Waals surface area (Å²) >= 11 is 9.77. The zero-order valence-corrected chi connectivity index (χ0v) is 17.2. The van der Waals surface area contributed by atoms with Gasteiger partial charge in [0, 0.05) is 25.4 Å². The predicted octanol–water partition coefficient (Wildman–Crippen LogP) is 4.24. The summed E-state index contributed by atoms with van der Waals surface area (Å²) in [5.74, 6) is 1.03. The Kier molecular flexibility index (Phi) is 5.48. The molecule has 2 aliphatic heterocycles. The molecule has 4 nitrogen and oxygen atoms in total. The number of thiophene rings is 1. The Hall–Kier alpha value is -1.50. The highest BCUT2D eigenvalue weighted by atomic mass is 35.5. The van der Waals surface area contributed by atoms with Gasteiger partial charge in [-0.05, 0) is 29.9 Å². The molecule has 1 aromatic carbocycles.